The average Bonchev–Trinajstić information content (AvgIpc) is 2.85. The Labute approximate surface area is 206 Å². The molecule has 35 heavy (non-hydrogen) atoms. The third-order valence-corrected chi connectivity index (χ3v) is 7.61. The molecular formula is C28H36F3N3O. The number of likely N-dealkylation sites (N-methyl/N-ethyl adjacent to an activating group) is 1. The van der Waals surface area contributed by atoms with Crippen molar-refractivity contribution in [2.45, 2.75) is 64.3 Å². The largest absolute Gasteiger partial charge is 0.416 e. The lowest BCUT2D eigenvalue weighted by Gasteiger charge is -2.38. The van der Waals surface area contributed by atoms with E-state index >= 15 is 0 Å². The van der Waals surface area contributed by atoms with E-state index < -0.39 is 11.7 Å². The number of amides is 1. The van der Waals surface area contributed by atoms with Gasteiger partial charge >= 0.3 is 6.18 Å². The lowest BCUT2D eigenvalue weighted by Crippen LogP contribution is -2.46. The summed E-state index contributed by atoms with van der Waals surface area (Å²) in [6, 6.07) is 11.9. The number of nitrogens with zero attached hydrogens (tertiary/aromatic N) is 3. The highest BCUT2D eigenvalue weighted by atomic mass is 19.4. The zero-order valence-electron chi connectivity index (χ0n) is 20.8. The lowest BCUT2D eigenvalue weighted by molar-refractivity contribution is -0.141. The third kappa shape index (κ3) is 6.25. The number of fused-ring (bicyclic) bond motifs is 1. The molecule has 0 saturated carbocycles. The van der Waals surface area contributed by atoms with Gasteiger partial charge in [-0.05, 0) is 80.7 Å². The van der Waals surface area contributed by atoms with E-state index in [0.717, 1.165) is 58.1 Å². The second-order valence-corrected chi connectivity index (χ2v) is 9.88. The molecule has 1 amide bonds. The molecule has 0 atom stereocenters. The Bertz CT molecular complexity index is 1010. The second-order valence-electron chi connectivity index (χ2n) is 9.88. The van der Waals surface area contributed by atoms with E-state index in [1.807, 2.05) is 7.05 Å². The van der Waals surface area contributed by atoms with Gasteiger partial charge in [-0.1, -0.05) is 43.3 Å². The third-order valence-electron chi connectivity index (χ3n) is 7.61. The number of carbonyl (C=O) groups is 1. The van der Waals surface area contributed by atoms with Gasteiger partial charge in [-0.15, -0.1) is 0 Å². The summed E-state index contributed by atoms with van der Waals surface area (Å²) in [7, 11) is 2.04. The van der Waals surface area contributed by atoms with E-state index in [0.29, 0.717) is 12.8 Å². The number of carbonyl (C=O) groups excluding carboxylic acids is 1. The van der Waals surface area contributed by atoms with E-state index in [-0.39, 0.29) is 24.1 Å². The zero-order valence-corrected chi connectivity index (χ0v) is 20.8. The summed E-state index contributed by atoms with van der Waals surface area (Å²) in [5, 5.41) is 0. The molecule has 0 unspecified atom stereocenters. The van der Waals surface area contributed by atoms with Crippen LogP contribution in [0.25, 0.3) is 0 Å². The first-order valence-corrected chi connectivity index (χ1v) is 12.7. The smallest absolute Gasteiger partial charge is 0.335 e. The van der Waals surface area contributed by atoms with Crippen LogP contribution in [0.5, 0.6) is 0 Å². The summed E-state index contributed by atoms with van der Waals surface area (Å²) in [5.41, 5.74) is 3.39. The van der Waals surface area contributed by atoms with Crippen molar-refractivity contribution < 1.29 is 18.0 Å². The van der Waals surface area contributed by atoms with Gasteiger partial charge in [0, 0.05) is 32.1 Å². The summed E-state index contributed by atoms with van der Waals surface area (Å²) in [5.74, 6) is -0.0554. The highest BCUT2D eigenvalue weighted by Gasteiger charge is 2.35. The van der Waals surface area contributed by atoms with Crippen LogP contribution >= 0.6 is 0 Å². The van der Waals surface area contributed by atoms with E-state index in [2.05, 4.69) is 34.9 Å². The molecule has 0 spiro atoms. The summed E-state index contributed by atoms with van der Waals surface area (Å²) in [6.07, 6.45) is -0.959. The van der Waals surface area contributed by atoms with Gasteiger partial charge in [0.05, 0.1) is 5.56 Å². The van der Waals surface area contributed by atoms with Crippen molar-refractivity contribution in [1.82, 2.24) is 14.7 Å². The molecular weight excluding hydrogens is 451 g/mol. The minimum Gasteiger partial charge on any atom is -0.335 e. The Balaban J connectivity index is 1.52. The van der Waals surface area contributed by atoms with Gasteiger partial charge in [0.1, 0.15) is 0 Å². The molecule has 2 aliphatic rings. The van der Waals surface area contributed by atoms with Gasteiger partial charge in [0.2, 0.25) is 5.91 Å². The van der Waals surface area contributed by atoms with Crippen LogP contribution in [0.4, 0.5) is 13.2 Å². The first kappa shape index (κ1) is 25.7. The highest BCUT2D eigenvalue weighted by molar-refractivity contribution is 5.77. The molecule has 0 radical (unpaired) electrons. The average molecular weight is 488 g/mol. The number of likely N-dealkylation sites (tertiary alicyclic amines) is 1. The van der Waals surface area contributed by atoms with Crippen LogP contribution in [0, 0.1) is 0 Å². The molecule has 2 aromatic rings. The molecule has 7 heteroatoms. The first-order valence-electron chi connectivity index (χ1n) is 12.7. The number of piperidine rings is 1. The fraction of sp³-hybridized carbons (Fsp3) is 0.536. The van der Waals surface area contributed by atoms with Gasteiger partial charge in [-0.3, -0.25) is 9.69 Å². The number of hydrogen-bond donors (Lipinski definition) is 0. The molecule has 0 bridgehead atoms. The topological polar surface area (TPSA) is 26.8 Å². The molecule has 2 aromatic carbocycles. The Morgan fingerprint density at radius 3 is 2.46 bits per heavy atom. The van der Waals surface area contributed by atoms with Crippen LogP contribution in [0.1, 0.15) is 54.0 Å². The van der Waals surface area contributed by atoms with E-state index in [1.165, 1.54) is 28.8 Å². The number of alkyl halides is 3. The van der Waals surface area contributed by atoms with Crippen LogP contribution in [0.15, 0.2) is 42.5 Å². The second kappa shape index (κ2) is 11.1. The summed E-state index contributed by atoms with van der Waals surface area (Å²) in [6.45, 7) is 6.83. The first-order chi connectivity index (χ1) is 16.8. The molecule has 1 fully saturated rings. The van der Waals surface area contributed by atoms with Crippen LogP contribution in [-0.2, 0) is 36.9 Å². The SMILES string of the molecule is CCN1CCc2c(CCC(=O)N(Cc3ccccc3C(F)(F)F)C3CCN(C)CC3)cccc2C1. The maximum Gasteiger partial charge on any atom is 0.416 e. The number of benzene rings is 2. The van der Waals surface area contributed by atoms with E-state index in [4.69, 9.17) is 0 Å². The maximum atomic E-state index is 13.7. The van der Waals surface area contributed by atoms with Crippen LogP contribution in [0.2, 0.25) is 0 Å². The van der Waals surface area contributed by atoms with E-state index in [1.54, 1.807) is 11.0 Å². The normalized spacial score (nSPS) is 17.9. The van der Waals surface area contributed by atoms with Crippen molar-refractivity contribution >= 4 is 5.91 Å². The van der Waals surface area contributed by atoms with Gasteiger partial charge in [0.15, 0.2) is 0 Å². The predicted octanol–water partition coefficient (Wildman–Crippen LogP) is 5.14. The fourth-order valence-electron chi connectivity index (χ4n) is 5.48. The van der Waals surface area contributed by atoms with Crippen molar-refractivity contribution in [2.75, 3.05) is 33.2 Å². The zero-order chi connectivity index (χ0) is 25.0. The molecule has 190 valence electrons. The minimum atomic E-state index is -4.44. The number of hydrogen-bond acceptors (Lipinski definition) is 3. The highest BCUT2D eigenvalue weighted by Crippen LogP contribution is 2.33. The van der Waals surface area contributed by atoms with Crippen molar-refractivity contribution in [2.24, 2.45) is 0 Å². The minimum absolute atomic E-state index is 0.00124. The number of aryl methyl sites for hydroxylation is 1. The van der Waals surface area contributed by atoms with Gasteiger partial charge < -0.3 is 9.80 Å². The maximum absolute atomic E-state index is 13.7. The number of halogens is 3. The monoisotopic (exact) mass is 487 g/mol. The Hall–Kier alpha value is -2.38. The summed E-state index contributed by atoms with van der Waals surface area (Å²) in [4.78, 5) is 19.9. The predicted molar refractivity (Wildman–Crippen MR) is 132 cm³/mol. The molecule has 0 aromatic heterocycles. The molecule has 2 aliphatic heterocycles. The molecule has 2 heterocycles. The van der Waals surface area contributed by atoms with Crippen molar-refractivity contribution in [3.63, 3.8) is 0 Å². The Morgan fingerprint density at radius 1 is 1.03 bits per heavy atom. The molecule has 0 aliphatic carbocycles. The van der Waals surface area contributed by atoms with Gasteiger partial charge in [-0.25, -0.2) is 0 Å². The van der Waals surface area contributed by atoms with Crippen molar-refractivity contribution in [3.05, 3.63) is 70.3 Å². The fourth-order valence-corrected chi connectivity index (χ4v) is 5.48. The van der Waals surface area contributed by atoms with E-state index in [9.17, 15) is 18.0 Å². The van der Waals surface area contributed by atoms with Crippen molar-refractivity contribution in [1.29, 1.82) is 0 Å². The molecule has 1 saturated heterocycles. The van der Waals surface area contributed by atoms with Crippen LogP contribution in [0.3, 0.4) is 0 Å². The molecule has 4 nitrogen and oxygen atoms in total. The Kier molecular flexibility index (Phi) is 8.17. The summed E-state index contributed by atoms with van der Waals surface area (Å²) < 4.78 is 41.0. The molecule has 0 N–H and O–H groups in total. The van der Waals surface area contributed by atoms with Gasteiger partial charge in [-0.2, -0.15) is 13.2 Å². The summed E-state index contributed by atoms with van der Waals surface area (Å²) >= 11 is 0. The van der Waals surface area contributed by atoms with Crippen molar-refractivity contribution in [3.8, 4) is 0 Å². The van der Waals surface area contributed by atoms with Crippen LogP contribution in [-0.4, -0.2) is 59.9 Å². The Morgan fingerprint density at radius 2 is 1.74 bits per heavy atom. The molecule has 4 rings (SSSR count). The lowest BCUT2D eigenvalue weighted by atomic mass is 9.92. The standard InChI is InChI=1S/C28H36F3N3O/c1-3-33-18-15-25-21(8-6-9-22(25)19-33)11-12-27(35)34(24-13-16-32(2)17-14-24)20-23-7-4-5-10-26(23)28(29,30)31/h4-10,24H,3,11-20H2,1-2H3. The quantitative estimate of drug-likeness (QED) is 0.541. The van der Waals surface area contributed by atoms with Gasteiger partial charge in [0.25, 0.3) is 0 Å². The number of rotatable bonds is 7. The van der Waals surface area contributed by atoms with Crippen LogP contribution < -0.4 is 0 Å².